The molecule has 1 aliphatic rings. The van der Waals surface area contributed by atoms with Crippen molar-refractivity contribution >= 4 is 0 Å². The van der Waals surface area contributed by atoms with Gasteiger partial charge in [0.15, 0.2) is 0 Å². The van der Waals surface area contributed by atoms with Gasteiger partial charge in [-0.1, -0.05) is 6.07 Å². The highest BCUT2D eigenvalue weighted by atomic mass is 19.1. The van der Waals surface area contributed by atoms with E-state index in [1.165, 1.54) is 6.07 Å². The van der Waals surface area contributed by atoms with Crippen LogP contribution in [0, 0.1) is 17.1 Å². The van der Waals surface area contributed by atoms with Crippen LogP contribution in [-0.4, -0.2) is 17.3 Å². The van der Waals surface area contributed by atoms with Gasteiger partial charge >= 0.3 is 0 Å². The monoisotopic (exact) mass is 234 g/mol. The first kappa shape index (κ1) is 12.0. The predicted molar refractivity (Wildman–Crippen MR) is 61.6 cm³/mol. The Morgan fingerprint density at radius 3 is 2.76 bits per heavy atom. The predicted octanol–water partition coefficient (Wildman–Crippen LogP) is 1.70. The zero-order chi connectivity index (χ0) is 12.3. The fourth-order valence-electron chi connectivity index (χ4n) is 2.05. The van der Waals surface area contributed by atoms with E-state index in [9.17, 15) is 9.50 Å². The smallest absolute Gasteiger partial charge is 0.140 e. The average Bonchev–Trinajstić information content (AvgIpc) is 2.30. The van der Waals surface area contributed by atoms with Crippen LogP contribution >= 0.6 is 0 Å². The Labute approximate surface area is 99.9 Å². The van der Waals surface area contributed by atoms with Crippen molar-refractivity contribution in [1.29, 1.82) is 5.26 Å². The van der Waals surface area contributed by atoms with Crippen LogP contribution in [0.2, 0.25) is 0 Å². The Morgan fingerprint density at radius 1 is 1.47 bits per heavy atom. The lowest BCUT2D eigenvalue weighted by atomic mass is 9.77. The van der Waals surface area contributed by atoms with E-state index < -0.39 is 5.82 Å². The van der Waals surface area contributed by atoms with E-state index in [0.717, 1.165) is 24.8 Å². The van der Waals surface area contributed by atoms with Gasteiger partial charge in [-0.3, -0.25) is 0 Å². The number of hydrogen-bond donors (Lipinski definition) is 2. The molecule has 0 spiro atoms. The number of halogens is 1. The van der Waals surface area contributed by atoms with E-state index in [4.69, 9.17) is 5.26 Å². The average molecular weight is 234 g/mol. The number of nitriles is 1. The Kier molecular flexibility index (Phi) is 3.41. The zero-order valence-corrected chi connectivity index (χ0v) is 9.54. The number of aliphatic hydroxyl groups excluding tert-OH is 1. The van der Waals surface area contributed by atoms with Crippen LogP contribution in [0.25, 0.3) is 0 Å². The largest absolute Gasteiger partial charge is 0.394 e. The zero-order valence-electron chi connectivity index (χ0n) is 9.54. The van der Waals surface area contributed by atoms with Gasteiger partial charge in [0.1, 0.15) is 11.9 Å². The third-order valence-corrected chi connectivity index (χ3v) is 3.43. The third kappa shape index (κ3) is 2.46. The summed E-state index contributed by atoms with van der Waals surface area (Å²) < 4.78 is 13.1. The summed E-state index contributed by atoms with van der Waals surface area (Å²) >= 11 is 0. The molecule has 2 rings (SSSR count). The standard InChI is InChI=1S/C13H15FN2O/c14-12-3-2-10(6-11(12)7-15)8-16-13(9-17)4-1-5-13/h2-3,6,16-17H,1,4-5,8-9H2. The summed E-state index contributed by atoms with van der Waals surface area (Å²) in [6.07, 6.45) is 3.06. The molecule has 1 fully saturated rings. The number of hydrogen-bond acceptors (Lipinski definition) is 3. The Balaban J connectivity index is 2.02. The second-order valence-corrected chi connectivity index (χ2v) is 4.57. The number of nitrogens with zero attached hydrogens (tertiary/aromatic N) is 1. The molecule has 2 N–H and O–H groups in total. The second kappa shape index (κ2) is 4.82. The van der Waals surface area contributed by atoms with Crippen LogP contribution in [0.15, 0.2) is 18.2 Å². The van der Waals surface area contributed by atoms with Crippen molar-refractivity contribution in [3.05, 3.63) is 35.1 Å². The fourth-order valence-corrected chi connectivity index (χ4v) is 2.05. The van der Waals surface area contributed by atoms with Crippen molar-refractivity contribution in [2.24, 2.45) is 0 Å². The van der Waals surface area contributed by atoms with Gasteiger partial charge in [0.2, 0.25) is 0 Å². The quantitative estimate of drug-likeness (QED) is 0.833. The molecule has 0 amide bonds. The first-order valence-electron chi connectivity index (χ1n) is 5.73. The van der Waals surface area contributed by atoms with Gasteiger partial charge in [-0.2, -0.15) is 5.26 Å². The van der Waals surface area contributed by atoms with Gasteiger partial charge in [-0.15, -0.1) is 0 Å². The number of rotatable bonds is 4. The van der Waals surface area contributed by atoms with Crippen molar-refractivity contribution in [1.82, 2.24) is 5.32 Å². The first-order valence-corrected chi connectivity index (χ1v) is 5.73. The van der Waals surface area contributed by atoms with Gasteiger partial charge in [-0.05, 0) is 37.0 Å². The molecule has 17 heavy (non-hydrogen) atoms. The summed E-state index contributed by atoms with van der Waals surface area (Å²) in [7, 11) is 0. The fraction of sp³-hybridized carbons (Fsp3) is 0.462. The molecule has 0 saturated heterocycles. The van der Waals surface area contributed by atoms with Crippen molar-refractivity contribution in [2.75, 3.05) is 6.61 Å². The second-order valence-electron chi connectivity index (χ2n) is 4.57. The number of nitrogens with one attached hydrogen (secondary N) is 1. The summed E-state index contributed by atoms with van der Waals surface area (Å²) in [5.41, 5.74) is 0.764. The maximum Gasteiger partial charge on any atom is 0.140 e. The molecule has 0 radical (unpaired) electrons. The molecule has 1 aliphatic carbocycles. The SMILES string of the molecule is N#Cc1cc(CNC2(CO)CCC2)ccc1F. The number of benzene rings is 1. The van der Waals surface area contributed by atoms with Crippen LogP contribution < -0.4 is 5.32 Å². The van der Waals surface area contributed by atoms with Crippen LogP contribution in [0.1, 0.15) is 30.4 Å². The van der Waals surface area contributed by atoms with Crippen LogP contribution in [0.3, 0.4) is 0 Å². The van der Waals surface area contributed by atoms with Crippen LogP contribution in [0.5, 0.6) is 0 Å². The van der Waals surface area contributed by atoms with Gasteiger partial charge in [-0.25, -0.2) is 4.39 Å². The highest BCUT2D eigenvalue weighted by Crippen LogP contribution is 2.31. The van der Waals surface area contributed by atoms with Crippen molar-refractivity contribution < 1.29 is 9.50 Å². The third-order valence-electron chi connectivity index (χ3n) is 3.43. The van der Waals surface area contributed by atoms with E-state index in [0.29, 0.717) is 6.54 Å². The van der Waals surface area contributed by atoms with E-state index in [2.05, 4.69) is 5.32 Å². The minimum atomic E-state index is -0.489. The molecule has 0 atom stereocenters. The molecule has 3 nitrogen and oxygen atoms in total. The molecule has 0 aliphatic heterocycles. The molecule has 0 unspecified atom stereocenters. The van der Waals surface area contributed by atoms with Gasteiger partial charge in [0.05, 0.1) is 12.2 Å². The highest BCUT2D eigenvalue weighted by Gasteiger charge is 2.35. The summed E-state index contributed by atoms with van der Waals surface area (Å²) in [5, 5.41) is 21.3. The van der Waals surface area contributed by atoms with Gasteiger partial charge in [0, 0.05) is 12.1 Å². The topological polar surface area (TPSA) is 56.0 Å². The first-order chi connectivity index (χ1) is 8.19. The molecule has 0 aromatic heterocycles. The van der Waals surface area contributed by atoms with Crippen molar-refractivity contribution in [3.63, 3.8) is 0 Å². The molecule has 1 saturated carbocycles. The molecule has 4 heteroatoms. The van der Waals surface area contributed by atoms with Crippen molar-refractivity contribution in [3.8, 4) is 6.07 Å². The Hall–Kier alpha value is -1.44. The minimum Gasteiger partial charge on any atom is -0.394 e. The van der Waals surface area contributed by atoms with Crippen LogP contribution in [0.4, 0.5) is 4.39 Å². The summed E-state index contributed by atoms with van der Waals surface area (Å²) in [6.45, 7) is 0.675. The lowest BCUT2D eigenvalue weighted by Gasteiger charge is -2.41. The lowest BCUT2D eigenvalue weighted by molar-refractivity contribution is 0.0872. The maximum absolute atomic E-state index is 13.1. The molecular formula is C13H15FN2O. The summed E-state index contributed by atoms with van der Waals surface area (Å²) in [4.78, 5) is 0. The Bertz CT molecular complexity index is 444. The summed E-state index contributed by atoms with van der Waals surface area (Å²) in [5.74, 6) is -0.489. The van der Waals surface area contributed by atoms with Crippen LogP contribution in [-0.2, 0) is 6.54 Å². The van der Waals surface area contributed by atoms with E-state index >= 15 is 0 Å². The molecule has 0 heterocycles. The van der Waals surface area contributed by atoms with Crippen molar-refractivity contribution in [2.45, 2.75) is 31.3 Å². The molecule has 90 valence electrons. The molecule has 1 aromatic carbocycles. The molecule has 0 bridgehead atoms. The van der Waals surface area contributed by atoms with Gasteiger partial charge in [0.25, 0.3) is 0 Å². The number of aliphatic hydroxyl groups is 1. The normalized spacial score (nSPS) is 17.2. The van der Waals surface area contributed by atoms with E-state index in [1.54, 1.807) is 12.1 Å². The van der Waals surface area contributed by atoms with E-state index in [-0.39, 0.29) is 17.7 Å². The van der Waals surface area contributed by atoms with E-state index in [1.807, 2.05) is 6.07 Å². The Morgan fingerprint density at radius 2 is 2.24 bits per heavy atom. The highest BCUT2D eigenvalue weighted by molar-refractivity contribution is 5.34. The maximum atomic E-state index is 13.1. The molecular weight excluding hydrogens is 219 g/mol. The van der Waals surface area contributed by atoms with Gasteiger partial charge < -0.3 is 10.4 Å². The lowest BCUT2D eigenvalue weighted by Crippen LogP contribution is -2.53. The minimum absolute atomic E-state index is 0.0657. The summed E-state index contributed by atoms with van der Waals surface area (Å²) in [6, 6.07) is 6.34. The molecule has 1 aromatic rings.